The monoisotopic (exact) mass is 445 g/mol. The van der Waals surface area contributed by atoms with Gasteiger partial charge in [-0.1, -0.05) is 56.3 Å². The maximum atomic E-state index is 13.7. The number of benzene rings is 2. The first-order valence-electron chi connectivity index (χ1n) is 11.9. The number of aromatic nitrogens is 2. The van der Waals surface area contributed by atoms with Crippen molar-refractivity contribution in [1.82, 2.24) is 9.78 Å². The number of nitrogens with one attached hydrogen (secondary N) is 1. The van der Waals surface area contributed by atoms with Crippen LogP contribution in [-0.2, 0) is 11.0 Å². The van der Waals surface area contributed by atoms with E-state index in [2.05, 4.69) is 74.5 Å². The molecule has 1 aliphatic heterocycles. The molecule has 1 N–H and O–H groups in total. The van der Waals surface area contributed by atoms with Gasteiger partial charge in [-0.25, -0.2) is 4.68 Å². The Bertz CT molecular complexity index is 1100. The Morgan fingerprint density at radius 3 is 2.39 bits per heavy atom. The zero-order valence-corrected chi connectivity index (χ0v) is 20.4. The second-order valence-corrected chi connectivity index (χ2v) is 9.76. The van der Waals surface area contributed by atoms with E-state index in [0.29, 0.717) is 12.0 Å². The van der Waals surface area contributed by atoms with E-state index in [1.165, 1.54) is 11.1 Å². The number of rotatable bonds is 8. The third-order valence-electron chi connectivity index (χ3n) is 7.41. The molecule has 0 saturated heterocycles. The first-order valence-corrected chi connectivity index (χ1v) is 11.9. The summed E-state index contributed by atoms with van der Waals surface area (Å²) in [7, 11) is 1.67. The normalized spacial score (nSPS) is 17.2. The number of carbonyl (C=O) groups excluding carboxylic acids is 1. The van der Waals surface area contributed by atoms with Crippen molar-refractivity contribution in [3.05, 3.63) is 77.5 Å². The lowest BCUT2D eigenvalue weighted by molar-refractivity contribution is 0.0944. The van der Waals surface area contributed by atoms with Gasteiger partial charge in [-0.05, 0) is 56.4 Å². The molecule has 0 radical (unpaired) electrons. The molecule has 0 aliphatic carbocycles. The summed E-state index contributed by atoms with van der Waals surface area (Å²) in [5, 5.41) is 8.29. The second kappa shape index (κ2) is 9.05. The molecular formula is C28H35N3O2. The van der Waals surface area contributed by atoms with Crippen molar-refractivity contribution in [3.63, 3.8) is 0 Å². The Balaban J connectivity index is 1.66. The molecule has 0 fully saturated rings. The van der Waals surface area contributed by atoms with Crippen LogP contribution < -0.4 is 10.1 Å². The number of ketones is 1. The van der Waals surface area contributed by atoms with E-state index >= 15 is 0 Å². The quantitative estimate of drug-likeness (QED) is 0.401. The molecule has 5 heteroatoms. The van der Waals surface area contributed by atoms with E-state index in [-0.39, 0.29) is 22.8 Å². The number of anilines is 1. The number of hydrogen-bond acceptors (Lipinski definition) is 4. The van der Waals surface area contributed by atoms with Crippen LogP contribution in [0.15, 0.2) is 60.8 Å². The minimum Gasteiger partial charge on any atom is -0.497 e. The highest BCUT2D eigenvalue weighted by molar-refractivity contribution is 6.01. The van der Waals surface area contributed by atoms with Crippen LogP contribution in [0.25, 0.3) is 0 Å². The standard InChI is InChI=1S/C28H35N3O2/c1-6-28(7-2,21-13-15-22(33-5)16-14-21)18-25(32)23-19-29-31-26(23)30-24(17-27(31,3)4)20-11-9-8-10-12-20/h8-16,19,24,30H,6-7,17-18H2,1-5H3. The SMILES string of the molecule is CCC(CC)(CC(=O)c1cnn2c1NC(c1ccccc1)CC2(C)C)c1ccc(OC)cc1. The fourth-order valence-corrected chi connectivity index (χ4v) is 5.20. The van der Waals surface area contributed by atoms with Crippen molar-refractivity contribution < 1.29 is 9.53 Å². The largest absolute Gasteiger partial charge is 0.497 e. The lowest BCUT2D eigenvalue weighted by atomic mass is 9.71. The van der Waals surface area contributed by atoms with Crippen LogP contribution in [0.4, 0.5) is 5.82 Å². The number of ether oxygens (including phenoxy) is 1. The summed E-state index contributed by atoms with van der Waals surface area (Å²) in [5.74, 6) is 1.80. The van der Waals surface area contributed by atoms with Crippen LogP contribution in [0.3, 0.4) is 0 Å². The number of nitrogens with zero attached hydrogens (tertiary/aromatic N) is 2. The molecule has 2 aromatic carbocycles. The van der Waals surface area contributed by atoms with Gasteiger partial charge in [0.2, 0.25) is 0 Å². The van der Waals surface area contributed by atoms with Gasteiger partial charge in [0.05, 0.1) is 30.5 Å². The fraction of sp³-hybridized carbons (Fsp3) is 0.429. The maximum absolute atomic E-state index is 13.7. The summed E-state index contributed by atoms with van der Waals surface area (Å²) in [5.41, 5.74) is 2.68. The second-order valence-electron chi connectivity index (χ2n) is 9.76. The predicted molar refractivity (Wildman–Crippen MR) is 133 cm³/mol. The summed E-state index contributed by atoms with van der Waals surface area (Å²) in [6.45, 7) is 8.71. The Kier molecular flexibility index (Phi) is 6.33. The zero-order chi connectivity index (χ0) is 23.6. The predicted octanol–water partition coefficient (Wildman–Crippen LogP) is 6.51. The highest BCUT2D eigenvalue weighted by atomic mass is 16.5. The van der Waals surface area contributed by atoms with Gasteiger partial charge in [-0.2, -0.15) is 5.10 Å². The van der Waals surface area contributed by atoms with Crippen LogP contribution in [-0.4, -0.2) is 22.7 Å². The lowest BCUT2D eigenvalue weighted by Gasteiger charge is -2.38. The Labute approximate surface area is 197 Å². The minimum atomic E-state index is -0.221. The third kappa shape index (κ3) is 4.29. The van der Waals surface area contributed by atoms with Crippen molar-refractivity contribution in [1.29, 1.82) is 0 Å². The Morgan fingerprint density at radius 1 is 1.12 bits per heavy atom. The van der Waals surface area contributed by atoms with E-state index in [4.69, 9.17) is 4.74 Å². The van der Waals surface area contributed by atoms with Crippen molar-refractivity contribution in [3.8, 4) is 5.75 Å². The molecule has 3 aromatic rings. The summed E-state index contributed by atoms with van der Waals surface area (Å²) in [6, 6.07) is 18.7. The first kappa shape index (κ1) is 23.1. The molecule has 1 aromatic heterocycles. The summed E-state index contributed by atoms with van der Waals surface area (Å²) in [4.78, 5) is 13.7. The van der Waals surface area contributed by atoms with Gasteiger partial charge in [0.15, 0.2) is 5.78 Å². The van der Waals surface area contributed by atoms with Gasteiger partial charge < -0.3 is 10.1 Å². The van der Waals surface area contributed by atoms with Gasteiger partial charge in [0.25, 0.3) is 0 Å². The molecule has 33 heavy (non-hydrogen) atoms. The van der Waals surface area contributed by atoms with E-state index in [1.807, 2.05) is 22.9 Å². The number of fused-ring (bicyclic) bond motifs is 1. The van der Waals surface area contributed by atoms with Gasteiger partial charge in [-0.15, -0.1) is 0 Å². The van der Waals surface area contributed by atoms with Crippen LogP contribution >= 0.6 is 0 Å². The first-order chi connectivity index (χ1) is 15.8. The molecule has 0 saturated carbocycles. The van der Waals surface area contributed by atoms with E-state index in [9.17, 15) is 4.79 Å². The smallest absolute Gasteiger partial charge is 0.169 e. The van der Waals surface area contributed by atoms with Gasteiger partial charge in [0.1, 0.15) is 11.6 Å². The highest BCUT2D eigenvalue weighted by Crippen LogP contribution is 2.42. The molecule has 0 spiro atoms. The van der Waals surface area contributed by atoms with Crippen LogP contribution in [0.5, 0.6) is 5.75 Å². The van der Waals surface area contributed by atoms with E-state index in [1.54, 1.807) is 13.3 Å². The van der Waals surface area contributed by atoms with Gasteiger partial charge in [-0.3, -0.25) is 4.79 Å². The van der Waals surface area contributed by atoms with E-state index < -0.39 is 0 Å². The van der Waals surface area contributed by atoms with Crippen molar-refractivity contribution in [2.24, 2.45) is 0 Å². The molecule has 174 valence electrons. The molecule has 1 unspecified atom stereocenters. The topological polar surface area (TPSA) is 56.2 Å². The molecule has 0 bridgehead atoms. The Morgan fingerprint density at radius 2 is 1.79 bits per heavy atom. The highest BCUT2D eigenvalue weighted by Gasteiger charge is 2.38. The summed E-state index contributed by atoms with van der Waals surface area (Å²) in [6.07, 6.45) is 4.87. The molecule has 1 atom stereocenters. The third-order valence-corrected chi connectivity index (χ3v) is 7.41. The minimum absolute atomic E-state index is 0.132. The van der Waals surface area contributed by atoms with Crippen molar-refractivity contribution in [2.45, 2.75) is 70.4 Å². The number of carbonyl (C=O) groups is 1. The molecule has 5 nitrogen and oxygen atoms in total. The number of methoxy groups -OCH3 is 1. The summed E-state index contributed by atoms with van der Waals surface area (Å²) < 4.78 is 7.32. The number of hydrogen-bond donors (Lipinski definition) is 1. The maximum Gasteiger partial charge on any atom is 0.169 e. The molecule has 4 rings (SSSR count). The van der Waals surface area contributed by atoms with Gasteiger partial charge >= 0.3 is 0 Å². The van der Waals surface area contributed by atoms with Crippen LogP contribution in [0, 0.1) is 0 Å². The summed E-state index contributed by atoms with van der Waals surface area (Å²) >= 11 is 0. The molecular weight excluding hydrogens is 410 g/mol. The van der Waals surface area contributed by atoms with Crippen LogP contribution in [0.1, 0.15) is 80.9 Å². The Hall–Kier alpha value is -3.08. The number of Topliss-reactive ketones (excluding diaryl/α,β-unsaturated/α-hetero) is 1. The fourth-order valence-electron chi connectivity index (χ4n) is 5.20. The van der Waals surface area contributed by atoms with E-state index in [0.717, 1.165) is 30.8 Å². The molecule has 0 amide bonds. The van der Waals surface area contributed by atoms with Gasteiger partial charge in [0, 0.05) is 11.8 Å². The van der Waals surface area contributed by atoms with Crippen molar-refractivity contribution >= 4 is 11.6 Å². The average Bonchev–Trinajstić information content (AvgIpc) is 3.28. The van der Waals surface area contributed by atoms with Crippen LogP contribution in [0.2, 0.25) is 0 Å². The lowest BCUT2D eigenvalue weighted by Crippen LogP contribution is -2.38. The average molecular weight is 446 g/mol. The molecule has 1 aliphatic rings. The zero-order valence-electron chi connectivity index (χ0n) is 20.4. The molecule has 2 heterocycles. The van der Waals surface area contributed by atoms with Crippen molar-refractivity contribution in [2.75, 3.05) is 12.4 Å².